The predicted molar refractivity (Wildman–Crippen MR) is 112 cm³/mol. The molecule has 138 valence electrons. The number of anilines is 1. The van der Waals surface area contributed by atoms with E-state index in [-0.39, 0.29) is 11.9 Å². The quantitative estimate of drug-likeness (QED) is 0.506. The first-order valence-corrected chi connectivity index (χ1v) is 10.5. The minimum atomic E-state index is -0.422. The van der Waals surface area contributed by atoms with Crippen LogP contribution in [-0.4, -0.2) is 11.9 Å². The zero-order chi connectivity index (χ0) is 18.9. The molecule has 0 atom stereocenters. The number of nitrogens with zero attached hydrogens (tertiary/aromatic N) is 1. The van der Waals surface area contributed by atoms with Crippen molar-refractivity contribution in [2.24, 2.45) is 5.41 Å². The predicted octanol–water partition coefficient (Wildman–Crippen LogP) is 6.83. The molecule has 1 saturated carbocycles. The van der Waals surface area contributed by atoms with Gasteiger partial charge in [-0.2, -0.15) is 0 Å². The Kier molecular flexibility index (Phi) is 5.91. The summed E-state index contributed by atoms with van der Waals surface area (Å²) in [7, 11) is 0. The summed E-state index contributed by atoms with van der Waals surface area (Å²) in [5.74, 6) is 0.948. The first kappa shape index (κ1) is 19.6. The lowest BCUT2D eigenvalue weighted by molar-refractivity contribution is -0.125. The van der Waals surface area contributed by atoms with Crippen LogP contribution in [0.25, 0.3) is 0 Å². The third-order valence-corrected chi connectivity index (χ3v) is 5.90. The van der Waals surface area contributed by atoms with Gasteiger partial charge in [-0.25, -0.2) is 0 Å². The van der Waals surface area contributed by atoms with E-state index in [2.05, 4.69) is 6.07 Å². The molecule has 2 aromatic rings. The van der Waals surface area contributed by atoms with Gasteiger partial charge in [0.15, 0.2) is 0 Å². The Morgan fingerprint density at radius 2 is 1.77 bits per heavy atom. The average Bonchev–Trinajstić information content (AvgIpc) is 3.40. The third-order valence-electron chi connectivity index (χ3n) is 4.26. The van der Waals surface area contributed by atoms with Gasteiger partial charge in [0.05, 0.1) is 10.7 Å². The number of hydrogen-bond acceptors (Lipinski definition) is 2. The fourth-order valence-electron chi connectivity index (χ4n) is 2.70. The molecule has 0 spiro atoms. The molecule has 1 aliphatic rings. The second-order valence-electron chi connectivity index (χ2n) is 7.68. The summed E-state index contributed by atoms with van der Waals surface area (Å²) in [6.45, 7) is 5.86. The fourth-order valence-corrected chi connectivity index (χ4v) is 3.96. The highest BCUT2D eigenvalue weighted by Gasteiger charge is 2.39. The molecule has 2 nitrogen and oxygen atoms in total. The number of carbonyl (C=O) groups excluding carboxylic acids is 1. The summed E-state index contributed by atoms with van der Waals surface area (Å²) in [5.41, 5.74) is 1.54. The summed E-state index contributed by atoms with van der Waals surface area (Å²) in [4.78, 5) is 15.9. The zero-order valence-corrected chi connectivity index (χ0v) is 17.6. The zero-order valence-electron chi connectivity index (χ0n) is 15.3. The van der Waals surface area contributed by atoms with Crippen LogP contribution in [-0.2, 0) is 10.5 Å². The average molecular weight is 408 g/mol. The van der Waals surface area contributed by atoms with E-state index in [0.29, 0.717) is 5.02 Å². The Hall–Kier alpha value is -1.16. The summed E-state index contributed by atoms with van der Waals surface area (Å²) in [6, 6.07) is 14.1. The van der Waals surface area contributed by atoms with Crippen molar-refractivity contribution < 1.29 is 4.79 Å². The largest absolute Gasteiger partial charge is 0.307 e. The molecule has 1 fully saturated rings. The van der Waals surface area contributed by atoms with Crippen molar-refractivity contribution in [3.63, 3.8) is 0 Å². The summed E-state index contributed by atoms with van der Waals surface area (Å²) in [5, 5.41) is 1.38. The molecular formula is C21H23Cl2NOS. The van der Waals surface area contributed by atoms with Gasteiger partial charge < -0.3 is 4.90 Å². The van der Waals surface area contributed by atoms with Crippen molar-refractivity contribution in [3.05, 3.63) is 58.1 Å². The molecule has 0 radical (unpaired) electrons. The van der Waals surface area contributed by atoms with Crippen LogP contribution in [0.5, 0.6) is 0 Å². The molecule has 1 amide bonds. The molecule has 26 heavy (non-hydrogen) atoms. The Bertz CT molecular complexity index is 795. The van der Waals surface area contributed by atoms with E-state index >= 15 is 0 Å². The molecule has 0 saturated heterocycles. The molecule has 5 heteroatoms. The maximum atomic E-state index is 12.9. The third kappa shape index (κ3) is 4.76. The van der Waals surface area contributed by atoms with Crippen LogP contribution < -0.4 is 4.90 Å². The van der Waals surface area contributed by atoms with Crippen LogP contribution in [0.3, 0.4) is 0 Å². The van der Waals surface area contributed by atoms with Crippen molar-refractivity contribution in [3.8, 4) is 0 Å². The standard InChI is InChI=1S/C21H23Cl2NOS/c1-21(2,3)20(25)24(16-7-8-16)19-11-4-14(12-18(19)23)13-26-17-9-5-15(22)6-10-17/h4-6,9-12,16H,7-8,13H2,1-3H3. The molecular weight excluding hydrogens is 385 g/mol. The van der Waals surface area contributed by atoms with Crippen molar-refractivity contribution in [2.45, 2.75) is 50.3 Å². The van der Waals surface area contributed by atoms with Crippen molar-refractivity contribution in [2.75, 3.05) is 4.90 Å². The summed E-state index contributed by atoms with van der Waals surface area (Å²) >= 11 is 14.2. The Morgan fingerprint density at radius 3 is 2.31 bits per heavy atom. The van der Waals surface area contributed by atoms with E-state index < -0.39 is 5.41 Å². The van der Waals surface area contributed by atoms with Gasteiger partial charge in [0.25, 0.3) is 0 Å². The number of amides is 1. The van der Waals surface area contributed by atoms with E-state index in [1.807, 2.05) is 62.1 Å². The lowest BCUT2D eigenvalue weighted by Gasteiger charge is -2.30. The van der Waals surface area contributed by atoms with Crippen molar-refractivity contribution >= 4 is 46.6 Å². The lowest BCUT2D eigenvalue weighted by Crippen LogP contribution is -2.41. The van der Waals surface area contributed by atoms with Crippen LogP contribution in [0.4, 0.5) is 5.69 Å². The highest BCUT2D eigenvalue weighted by atomic mass is 35.5. The van der Waals surface area contributed by atoms with Crippen LogP contribution >= 0.6 is 35.0 Å². The van der Waals surface area contributed by atoms with Crippen LogP contribution in [0.15, 0.2) is 47.4 Å². The van der Waals surface area contributed by atoms with E-state index in [1.165, 1.54) is 0 Å². The lowest BCUT2D eigenvalue weighted by atomic mass is 9.94. The number of benzene rings is 2. The smallest absolute Gasteiger partial charge is 0.232 e. The van der Waals surface area contributed by atoms with Crippen molar-refractivity contribution in [1.29, 1.82) is 0 Å². The van der Waals surface area contributed by atoms with Gasteiger partial charge in [-0.3, -0.25) is 4.79 Å². The number of halogens is 2. The highest BCUT2D eigenvalue weighted by molar-refractivity contribution is 7.98. The van der Waals surface area contributed by atoms with E-state index in [0.717, 1.165) is 39.8 Å². The van der Waals surface area contributed by atoms with Gasteiger partial charge in [0.1, 0.15) is 0 Å². The summed E-state index contributed by atoms with van der Waals surface area (Å²) in [6.07, 6.45) is 2.10. The first-order valence-electron chi connectivity index (χ1n) is 8.76. The monoisotopic (exact) mass is 407 g/mol. The topological polar surface area (TPSA) is 20.3 Å². The summed E-state index contributed by atoms with van der Waals surface area (Å²) < 4.78 is 0. The number of hydrogen-bond donors (Lipinski definition) is 0. The first-order chi connectivity index (χ1) is 12.3. The molecule has 0 aromatic heterocycles. The fraction of sp³-hybridized carbons (Fsp3) is 0.381. The molecule has 2 aromatic carbocycles. The van der Waals surface area contributed by atoms with E-state index in [9.17, 15) is 4.79 Å². The SMILES string of the molecule is CC(C)(C)C(=O)N(c1ccc(CSc2ccc(Cl)cc2)cc1Cl)C1CC1. The van der Waals surface area contributed by atoms with Crippen LogP contribution in [0, 0.1) is 5.41 Å². The maximum Gasteiger partial charge on any atom is 0.232 e. The normalized spacial score (nSPS) is 14.3. The molecule has 3 rings (SSSR count). The molecule has 0 aliphatic heterocycles. The van der Waals surface area contributed by atoms with Gasteiger partial charge in [0.2, 0.25) is 5.91 Å². The van der Waals surface area contributed by atoms with Crippen LogP contribution in [0.2, 0.25) is 10.0 Å². The number of carbonyl (C=O) groups is 1. The molecule has 0 bridgehead atoms. The maximum absolute atomic E-state index is 12.9. The van der Waals surface area contributed by atoms with Crippen LogP contribution in [0.1, 0.15) is 39.2 Å². The molecule has 0 unspecified atom stereocenters. The van der Waals surface area contributed by atoms with E-state index in [1.54, 1.807) is 11.8 Å². The van der Waals surface area contributed by atoms with Gasteiger partial charge in [-0.1, -0.05) is 50.0 Å². The molecule has 1 aliphatic carbocycles. The van der Waals surface area contributed by atoms with Crippen molar-refractivity contribution in [1.82, 2.24) is 0 Å². The highest BCUT2D eigenvalue weighted by Crippen LogP contribution is 2.39. The Balaban J connectivity index is 1.75. The second kappa shape index (κ2) is 7.84. The van der Waals surface area contributed by atoms with Gasteiger partial charge in [-0.15, -0.1) is 11.8 Å². The Labute approximate surface area is 169 Å². The minimum Gasteiger partial charge on any atom is -0.307 e. The second-order valence-corrected chi connectivity index (χ2v) is 9.58. The minimum absolute atomic E-state index is 0.130. The van der Waals surface area contributed by atoms with Gasteiger partial charge in [-0.05, 0) is 54.8 Å². The van der Waals surface area contributed by atoms with Gasteiger partial charge >= 0.3 is 0 Å². The number of rotatable bonds is 5. The number of thioether (sulfide) groups is 1. The molecule has 0 N–H and O–H groups in total. The Morgan fingerprint density at radius 1 is 1.12 bits per heavy atom. The van der Waals surface area contributed by atoms with Gasteiger partial charge in [0, 0.05) is 27.1 Å². The van der Waals surface area contributed by atoms with E-state index in [4.69, 9.17) is 23.2 Å². The molecule has 0 heterocycles.